The minimum atomic E-state index is -0.545. The Labute approximate surface area is 135 Å². The molecule has 6 nitrogen and oxygen atoms in total. The van der Waals surface area contributed by atoms with Crippen LogP contribution in [0.15, 0.2) is 53.1 Å². The predicted octanol–water partition coefficient (Wildman–Crippen LogP) is 3.66. The zero-order valence-corrected chi connectivity index (χ0v) is 12.4. The van der Waals surface area contributed by atoms with E-state index in [2.05, 4.69) is 10.5 Å². The van der Waals surface area contributed by atoms with Crippen molar-refractivity contribution in [3.63, 3.8) is 0 Å². The number of carbonyl (C=O) groups is 1. The zero-order chi connectivity index (χ0) is 16.4. The molecule has 1 aromatic heterocycles. The first-order valence-corrected chi connectivity index (χ1v) is 6.97. The maximum atomic E-state index is 12.1. The first-order chi connectivity index (χ1) is 11.0. The van der Waals surface area contributed by atoms with E-state index in [1.165, 1.54) is 36.4 Å². The minimum absolute atomic E-state index is 0.0486. The normalized spacial score (nSPS) is 10.5. The highest BCUT2D eigenvalue weighted by Crippen LogP contribution is 2.27. The summed E-state index contributed by atoms with van der Waals surface area (Å²) in [5, 5.41) is 25.5. The summed E-state index contributed by atoms with van der Waals surface area (Å²) >= 11 is 5.83. The number of nitrogens with zero attached hydrogens (tertiary/aromatic N) is 1. The van der Waals surface area contributed by atoms with Crippen molar-refractivity contribution >= 4 is 23.2 Å². The number of benzene rings is 2. The van der Waals surface area contributed by atoms with Crippen LogP contribution in [0.4, 0.5) is 5.69 Å². The molecule has 0 unspecified atom stereocenters. The molecular weight excluding hydrogens is 320 g/mol. The number of aromatic hydroxyl groups is 2. The molecule has 0 radical (unpaired) electrons. The van der Waals surface area contributed by atoms with E-state index in [1.807, 2.05) is 0 Å². The van der Waals surface area contributed by atoms with E-state index in [0.29, 0.717) is 16.3 Å². The van der Waals surface area contributed by atoms with Crippen molar-refractivity contribution < 1.29 is 19.5 Å². The Morgan fingerprint density at radius 1 is 1.09 bits per heavy atom. The Balaban J connectivity index is 1.81. The fraction of sp³-hybridized carbons (Fsp3) is 0. The highest BCUT2D eigenvalue weighted by molar-refractivity contribution is 6.31. The van der Waals surface area contributed by atoms with E-state index >= 15 is 0 Å². The quantitative estimate of drug-likeness (QED) is 0.637. The van der Waals surface area contributed by atoms with Gasteiger partial charge in [-0.2, -0.15) is 0 Å². The molecule has 116 valence electrons. The molecule has 1 heterocycles. The van der Waals surface area contributed by atoms with Gasteiger partial charge in [0.2, 0.25) is 0 Å². The third kappa shape index (κ3) is 3.27. The van der Waals surface area contributed by atoms with Gasteiger partial charge in [0.05, 0.1) is 5.69 Å². The second kappa shape index (κ2) is 6.02. The van der Waals surface area contributed by atoms with E-state index < -0.39 is 5.91 Å². The lowest BCUT2D eigenvalue weighted by molar-refractivity contribution is 0.101. The second-order valence-electron chi connectivity index (χ2n) is 4.74. The summed E-state index contributed by atoms with van der Waals surface area (Å²) < 4.78 is 5.12. The van der Waals surface area contributed by atoms with E-state index in [0.717, 1.165) is 0 Å². The van der Waals surface area contributed by atoms with Crippen LogP contribution in [0.25, 0.3) is 11.3 Å². The molecule has 0 aliphatic carbocycles. The number of carbonyl (C=O) groups excluding carboxylic acids is 1. The Bertz CT molecular complexity index is 859. The lowest BCUT2D eigenvalue weighted by atomic mass is 10.1. The number of rotatable bonds is 3. The molecule has 0 atom stereocenters. The summed E-state index contributed by atoms with van der Waals surface area (Å²) in [4.78, 5) is 12.1. The van der Waals surface area contributed by atoms with E-state index in [-0.39, 0.29) is 22.9 Å². The smallest absolute Gasteiger partial charge is 0.277 e. The molecule has 2 aromatic carbocycles. The predicted molar refractivity (Wildman–Crippen MR) is 84.7 cm³/mol. The zero-order valence-electron chi connectivity index (χ0n) is 11.7. The highest BCUT2D eigenvalue weighted by Gasteiger charge is 2.15. The number of hydrogen-bond donors (Lipinski definition) is 3. The summed E-state index contributed by atoms with van der Waals surface area (Å²) in [6, 6.07) is 12.1. The van der Waals surface area contributed by atoms with Crippen LogP contribution in [0.5, 0.6) is 11.5 Å². The van der Waals surface area contributed by atoms with Gasteiger partial charge in [0.25, 0.3) is 5.91 Å². The van der Waals surface area contributed by atoms with Gasteiger partial charge in [0.15, 0.2) is 11.5 Å². The third-order valence-corrected chi connectivity index (χ3v) is 3.34. The minimum Gasteiger partial charge on any atom is -0.508 e. The van der Waals surface area contributed by atoms with Gasteiger partial charge in [-0.1, -0.05) is 16.8 Å². The highest BCUT2D eigenvalue weighted by atomic mass is 35.5. The number of halogens is 1. The van der Waals surface area contributed by atoms with Crippen LogP contribution in [-0.2, 0) is 0 Å². The second-order valence-corrected chi connectivity index (χ2v) is 5.18. The Morgan fingerprint density at radius 3 is 2.57 bits per heavy atom. The molecule has 0 fully saturated rings. The molecule has 0 aliphatic heterocycles. The summed E-state index contributed by atoms with van der Waals surface area (Å²) in [6.07, 6.45) is 0. The number of phenols is 2. The first kappa shape index (κ1) is 14.9. The number of nitrogens with one attached hydrogen (secondary N) is 1. The molecule has 0 spiro atoms. The maximum Gasteiger partial charge on any atom is 0.277 e. The Kier molecular flexibility index (Phi) is 3.91. The number of aromatic nitrogens is 1. The fourth-order valence-corrected chi connectivity index (χ4v) is 2.11. The lowest BCUT2D eigenvalue weighted by Crippen LogP contribution is -2.12. The molecule has 0 aliphatic rings. The molecule has 1 amide bonds. The van der Waals surface area contributed by atoms with Gasteiger partial charge in [-0.05, 0) is 42.5 Å². The van der Waals surface area contributed by atoms with Gasteiger partial charge in [-0.3, -0.25) is 4.79 Å². The number of anilines is 1. The van der Waals surface area contributed by atoms with Gasteiger partial charge in [0, 0.05) is 16.7 Å². The van der Waals surface area contributed by atoms with Crippen molar-refractivity contribution in [1.29, 1.82) is 0 Å². The fourth-order valence-electron chi connectivity index (χ4n) is 1.94. The molecule has 0 bridgehead atoms. The van der Waals surface area contributed by atoms with Crippen LogP contribution in [-0.4, -0.2) is 21.3 Å². The van der Waals surface area contributed by atoms with Crippen molar-refractivity contribution in [3.8, 4) is 22.8 Å². The molecule has 3 aromatic rings. The van der Waals surface area contributed by atoms with E-state index in [1.54, 1.807) is 12.1 Å². The van der Waals surface area contributed by atoms with Crippen LogP contribution in [0.3, 0.4) is 0 Å². The Morgan fingerprint density at radius 2 is 1.83 bits per heavy atom. The van der Waals surface area contributed by atoms with Crippen LogP contribution >= 0.6 is 11.6 Å². The molecule has 0 saturated carbocycles. The number of hydrogen-bond acceptors (Lipinski definition) is 5. The van der Waals surface area contributed by atoms with Gasteiger partial charge in [-0.25, -0.2) is 0 Å². The summed E-state index contributed by atoms with van der Waals surface area (Å²) in [5.41, 5.74) is 0.893. The molecule has 7 heteroatoms. The molecule has 3 N–H and O–H groups in total. The monoisotopic (exact) mass is 330 g/mol. The van der Waals surface area contributed by atoms with Crippen molar-refractivity contribution in [2.45, 2.75) is 0 Å². The SMILES string of the molecule is O=C(Nc1cc(Cl)ccc1O)c1cc(-c2ccc(O)cc2)on1. The molecule has 3 rings (SSSR count). The largest absolute Gasteiger partial charge is 0.508 e. The van der Waals surface area contributed by atoms with E-state index in [4.69, 9.17) is 16.1 Å². The summed E-state index contributed by atoms with van der Waals surface area (Å²) in [5.74, 6) is -0.144. The number of phenolic OH excluding ortho intramolecular Hbond substituents is 2. The first-order valence-electron chi connectivity index (χ1n) is 6.59. The molecule has 0 saturated heterocycles. The average Bonchev–Trinajstić information content (AvgIpc) is 3.02. The molecule has 23 heavy (non-hydrogen) atoms. The topological polar surface area (TPSA) is 95.6 Å². The number of amides is 1. The van der Waals surface area contributed by atoms with Crippen molar-refractivity contribution in [1.82, 2.24) is 5.16 Å². The third-order valence-electron chi connectivity index (χ3n) is 3.10. The van der Waals surface area contributed by atoms with Crippen LogP contribution in [0.2, 0.25) is 5.02 Å². The average molecular weight is 331 g/mol. The van der Waals surface area contributed by atoms with Gasteiger partial charge >= 0.3 is 0 Å². The van der Waals surface area contributed by atoms with Crippen LogP contribution < -0.4 is 5.32 Å². The standard InChI is InChI=1S/C16H11ClN2O4/c17-10-3-6-14(21)12(7-10)18-16(22)13-8-15(23-19-13)9-1-4-11(20)5-2-9/h1-8,20-21H,(H,18,22). The lowest BCUT2D eigenvalue weighted by Gasteiger charge is -2.05. The molecular formula is C16H11ClN2O4. The van der Waals surface area contributed by atoms with Gasteiger partial charge < -0.3 is 20.1 Å². The summed E-state index contributed by atoms with van der Waals surface area (Å²) in [6.45, 7) is 0. The van der Waals surface area contributed by atoms with Crippen molar-refractivity contribution in [3.05, 3.63) is 59.2 Å². The Hall–Kier alpha value is -2.99. The van der Waals surface area contributed by atoms with Crippen molar-refractivity contribution in [2.75, 3.05) is 5.32 Å². The van der Waals surface area contributed by atoms with Crippen LogP contribution in [0, 0.1) is 0 Å². The summed E-state index contributed by atoms with van der Waals surface area (Å²) in [7, 11) is 0. The van der Waals surface area contributed by atoms with E-state index in [9.17, 15) is 15.0 Å². The van der Waals surface area contributed by atoms with Crippen LogP contribution in [0.1, 0.15) is 10.5 Å². The van der Waals surface area contributed by atoms with Gasteiger partial charge in [-0.15, -0.1) is 0 Å². The van der Waals surface area contributed by atoms with Gasteiger partial charge in [0.1, 0.15) is 11.5 Å². The maximum absolute atomic E-state index is 12.1. The van der Waals surface area contributed by atoms with Crippen molar-refractivity contribution in [2.24, 2.45) is 0 Å².